The van der Waals surface area contributed by atoms with Crippen molar-refractivity contribution in [2.24, 2.45) is 17.3 Å². The van der Waals surface area contributed by atoms with Crippen molar-refractivity contribution in [3.63, 3.8) is 0 Å². The summed E-state index contributed by atoms with van der Waals surface area (Å²) in [6.07, 6.45) is 7.83. The van der Waals surface area contributed by atoms with Crippen LogP contribution in [0.25, 0.3) is 44.0 Å². The molecule has 1 aliphatic carbocycles. The van der Waals surface area contributed by atoms with Crippen molar-refractivity contribution in [2.45, 2.75) is 107 Å². The minimum Gasteiger partial charge on any atom is -0.512 e. The number of aromatic nitrogens is 1. The molecule has 0 aliphatic heterocycles. The Kier molecular flexibility index (Phi) is 11.5. The predicted molar refractivity (Wildman–Crippen MR) is 197 cm³/mol. The van der Waals surface area contributed by atoms with Crippen LogP contribution < -0.4 is 0 Å². The number of fused-ring (bicyclic) bond motifs is 3. The Balaban J connectivity index is 0.000000279. The van der Waals surface area contributed by atoms with E-state index in [1.165, 1.54) is 33.5 Å². The molecular formula is C43H52IrNO3-. The summed E-state index contributed by atoms with van der Waals surface area (Å²) in [5, 5.41) is 14.5. The van der Waals surface area contributed by atoms with Gasteiger partial charge in [-0.05, 0) is 61.0 Å². The molecule has 48 heavy (non-hydrogen) atoms. The van der Waals surface area contributed by atoms with E-state index in [1.54, 1.807) is 0 Å². The largest absolute Gasteiger partial charge is 0.512 e. The third-order valence-electron chi connectivity index (χ3n) is 10.1. The maximum absolute atomic E-state index is 11.7. The molecule has 1 N–H and O–H groups in total. The van der Waals surface area contributed by atoms with Crippen LogP contribution in [0, 0.1) is 30.2 Å². The second kappa shape index (κ2) is 14.7. The van der Waals surface area contributed by atoms with Gasteiger partial charge in [0.15, 0.2) is 5.78 Å². The molecule has 5 aromatic rings. The molecular weight excluding hydrogens is 771 g/mol. The number of aliphatic hydroxyl groups excluding tert-OH is 1. The second-order valence-corrected chi connectivity index (χ2v) is 15.1. The second-order valence-electron chi connectivity index (χ2n) is 15.1. The van der Waals surface area contributed by atoms with Gasteiger partial charge in [-0.1, -0.05) is 109 Å². The number of hydrogen-bond donors (Lipinski definition) is 1. The molecule has 2 heterocycles. The normalized spacial score (nSPS) is 13.9. The summed E-state index contributed by atoms with van der Waals surface area (Å²) in [6.45, 7) is 21.7. The Labute approximate surface area is 300 Å². The quantitative estimate of drug-likeness (QED) is 0.0962. The number of aliphatic hydroxyl groups is 1. The van der Waals surface area contributed by atoms with Crippen molar-refractivity contribution in [1.82, 2.24) is 4.98 Å². The van der Waals surface area contributed by atoms with Crippen LogP contribution in [-0.4, -0.2) is 15.9 Å². The molecule has 0 saturated carbocycles. The Morgan fingerprint density at radius 3 is 2.21 bits per heavy atom. The van der Waals surface area contributed by atoms with Crippen molar-refractivity contribution >= 4 is 38.5 Å². The summed E-state index contributed by atoms with van der Waals surface area (Å²) in [7, 11) is 0. The Bertz CT molecular complexity index is 1970. The van der Waals surface area contributed by atoms with Gasteiger partial charge in [0.05, 0.1) is 5.76 Å². The van der Waals surface area contributed by atoms with Gasteiger partial charge in [0, 0.05) is 66.2 Å². The van der Waals surface area contributed by atoms with Gasteiger partial charge in [-0.2, -0.15) is 0 Å². The molecule has 0 fully saturated rings. The summed E-state index contributed by atoms with van der Waals surface area (Å²) < 4.78 is 6.66. The molecule has 257 valence electrons. The maximum atomic E-state index is 11.7. The number of carbonyl (C=O) groups is 1. The molecule has 2 aromatic heterocycles. The zero-order valence-electron chi connectivity index (χ0n) is 30.4. The van der Waals surface area contributed by atoms with Crippen molar-refractivity contribution in [1.29, 1.82) is 0 Å². The number of ketones is 1. The Morgan fingerprint density at radius 1 is 0.938 bits per heavy atom. The minimum atomic E-state index is -0.209. The first-order valence-electron chi connectivity index (χ1n) is 17.5. The van der Waals surface area contributed by atoms with E-state index in [9.17, 15) is 9.90 Å². The molecule has 0 unspecified atom stereocenters. The average molecular weight is 823 g/mol. The van der Waals surface area contributed by atoms with Gasteiger partial charge < -0.3 is 9.52 Å². The zero-order valence-corrected chi connectivity index (χ0v) is 32.8. The number of carbonyl (C=O) groups excluding carboxylic acids is 1. The third-order valence-corrected chi connectivity index (χ3v) is 10.1. The van der Waals surface area contributed by atoms with E-state index in [0.29, 0.717) is 0 Å². The number of pyridine rings is 1. The summed E-state index contributed by atoms with van der Waals surface area (Å²) in [4.78, 5) is 16.7. The van der Waals surface area contributed by atoms with Crippen LogP contribution in [0.3, 0.4) is 0 Å². The number of aryl methyl sites for hydroxylation is 1. The zero-order chi connectivity index (χ0) is 34.3. The first-order chi connectivity index (χ1) is 22.2. The van der Waals surface area contributed by atoms with Crippen LogP contribution in [0.4, 0.5) is 0 Å². The van der Waals surface area contributed by atoms with Gasteiger partial charge >= 0.3 is 0 Å². The molecule has 3 aromatic carbocycles. The van der Waals surface area contributed by atoms with Crippen LogP contribution in [0.2, 0.25) is 0 Å². The van der Waals surface area contributed by atoms with Crippen LogP contribution in [0.1, 0.15) is 110 Å². The van der Waals surface area contributed by atoms with Gasteiger partial charge in [-0.25, -0.2) is 0 Å². The number of benzene rings is 3. The first kappa shape index (κ1) is 37.5. The molecule has 1 aliphatic rings. The molecule has 0 saturated heterocycles. The molecule has 6 rings (SSSR count). The monoisotopic (exact) mass is 823 g/mol. The summed E-state index contributed by atoms with van der Waals surface area (Å²) in [6, 6.07) is 19.2. The van der Waals surface area contributed by atoms with Crippen molar-refractivity contribution < 1.29 is 34.4 Å². The average Bonchev–Trinajstić information content (AvgIpc) is 3.40. The summed E-state index contributed by atoms with van der Waals surface area (Å²) in [5.41, 5.74) is 8.96. The van der Waals surface area contributed by atoms with Gasteiger partial charge in [0.25, 0.3) is 0 Å². The fourth-order valence-corrected chi connectivity index (χ4v) is 7.24. The standard InChI is InChI=1S/C30H28NO.C13H24O2.Ir/c1-17-16-31-26-21-13-18-9-7-8-10-19(18)14-23(21)30(5,6)22-12-11-20(15-29(2,3)4)28-24(22)25(26)27(17)32-28;1-5-10(6-2)12(14)9-13(15)11(7-3)8-4;/h7-12,14,16H,15H2,1-6H3;9-11,14H,5-8H2,1-4H3;/q-1;;/b;12-9-;. The van der Waals surface area contributed by atoms with E-state index in [-0.39, 0.29) is 54.3 Å². The summed E-state index contributed by atoms with van der Waals surface area (Å²) >= 11 is 0. The summed E-state index contributed by atoms with van der Waals surface area (Å²) in [5.74, 6) is 0.547. The maximum Gasteiger partial charge on any atom is 0.162 e. The smallest absolute Gasteiger partial charge is 0.162 e. The fraction of sp³-hybridized carbons (Fsp3) is 0.442. The van der Waals surface area contributed by atoms with Crippen LogP contribution in [0.15, 0.2) is 64.9 Å². The molecule has 0 amide bonds. The van der Waals surface area contributed by atoms with Crippen molar-refractivity contribution in [3.8, 4) is 11.3 Å². The molecule has 5 heteroatoms. The Hall–Kier alpha value is -3.27. The van der Waals surface area contributed by atoms with Gasteiger partial charge in [0.1, 0.15) is 11.2 Å². The topological polar surface area (TPSA) is 63.3 Å². The third kappa shape index (κ3) is 7.05. The van der Waals surface area contributed by atoms with E-state index in [4.69, 9.17) is 9.40 Å². The number of nitrogens with zero attached hydrogens (tertiary/aromatic N) is 1. The van der Waals surface area contributed by atoms with Crippen molar-refractivity contribution in [2.75, 3.05) is 0 Å². The number of rotatable bonds is 8. The number of hydrogen-bond acceptors (Lipinski definition) is 4. The minimum absolute atomic E-state index is 0. The fourth-order valence-electron chi connectivity index (χ4n) is 7.24. The van der Waals surface area contributed by atoms with Gasteiger partial charge in [-0.15, -0.1) is 23.6 Å². The predicted octanol–water partition coefficient (Wildman–Crippen LogP) is 12.0. The molecule has 0 atom stereocenters. The molecule has 0 bridgehead atoms. The van der Waals surface area contributed by atoms with Crippen LogP contribution in [0.5, 0.6) is 0 Å². The van der Waals surface area contributed by atoms with E-state index in [1.807, 2.05) is 33.9 Å². The molecule has 0 spiro atoms. The van der Waals surface area contributed by atoms with E-state index >= 15 is 0 Å². The van der Waals surface area contributed by atoms with Crippen molar-refractivity contribution in [3.05, 3.63) is 88.8 Å². The first-order valence-corrected chi connectivity index (χ1v) is 17.5. The van der Waals surface area contributed by atoms with E-state index in [2.05, 4.69) is 90.1 Å². The van der Waals surface area contributed by atoms with Crippen LogP contribution >= 0.6 is 0 Å². The van der Waals surface area contributed by atoms with Crippen LogP contribution in [-0.2, 0) is 36.7 Å². The van der Waals surface area contributed by atoms with E-state index < -0.39 is 0 Å². The molecule has 4 nitrogen and oxygen atoms in total. The number of furan rings is 1. The van der Waals surface area contributed by atoms with Gasteiger partial charge in [0.2, 0.25) is 0 Å². The Morgan fingerprint density at radius 2 is 1.58 bits per heavy atom. The number of allylic oxidation sites excluding steroid dienone is 2. The van der Waals surface area contributed by atoms with E-state index in [0.717, 1.165) is 70.9 Å². The SMILES string of the molecule is CCC(CC)C(=O)/C=C(\O)C(CC)CC.Cc1cnc2c3c1oc1c(CC(C)(C)C)ccc(c13)C(C)(C)c1cc3ccccc3[c-]c1-2.[Ir]. The van der Waals surface area contributed by atoms with Gasteiger partial charge in [-0.3, -0.25) is 9.78 Å². The molecule has 1 radical (unpaired) electrons.